The molecular weight excluding hydrogens is 363 g/mol. The van der Waals surface area contributed by atoms with Crippen molar-refractivity contribution >= 4 is 5.91 Å². The molecule has 0 saturated carbocycles. The fourth-order valence-electron chi connectivity index (χ4n) is 3.37. The zero-order valence-corrected chi connectivity index (χ0v) is 16.4. The van der Waals surface area contributed by atoms with E-state index in [9.17, 15) is 9.18 Å². The number of carbonyl (C=O) groups is 1. The summed E-state index contributed by atoms with van der Waals surface area (Å²) < 4.78 is 29.6. The lowest BCUT2D eigenvalue weighted by Crippen LogP contribution is -2.48. The molecule has 0 N–H and O–H groups in total. The van der Waals surface area contributed by atoms with Gasteiger partial charge in [0.25, 0.3) is 5.91 Å². The average Bonchev–Trinajstić information content (AvgIpc) is 2.73. The highest BCUT2D eigenvalue weighted by atomic mass is 19.1. The largest absolute Gasteiger partial charge is 0.496 e. The van der Waals surface area contributed by atoms with Crippen molar-refractivity contribution in [3.63, 3.8) is 0 Å². The van der Waals surface area contributed by atoms with Gasteiger partial charge in [0.2, 0.25) is 0 Å². The van der Waals surface area contributed by atoms with Crippen molar-refractivity contribution in [2.45, 2.75) is 6.54 Å². The summed E-state index contributed by atoms with van der Waals surface area (Å²) in [7, 11) is 4.82. The summed E-state index contributed by atoms with van der Waals surface area (Å²) in [6.07, 6.45) is 0. The van der Waals surface area contributed by atoms with Crippen LogP contribution in [0.3, 0.4) is 0 Å². The molecule has 2 aromatic carbocycles. The number of hydrogen-bond acceptors (Lipinski definition) is 5. The number of piperazine rings is 1. The summed E-state index contributed by atoms with van der Waals surface area (Å²) >= 11 is 0. The molecule has 0 radical (unpaired) electrons. The second-order valence-corrected chi connectivity index (χ2v) is 6.60. The van der Waals surface area contributed by atoms with E-state index in [-0.39, 0.29) is 5.91 Å². The second kappa shape index (κ2) is 8.93. The SMILES string of the molecule is COc1cc(OC)c(OC)cc1CN1CCN(C(=O)c2cccc(F)c2)CC1. The molecule has 0 atom stereocenters. The van der Waals surface area contributed by atoms with Gasteiger partial charge in [-0.25, -0.2) is 4.39 Å². The highest BCUT2D eigenvalue weighted by Gasteiger charge is 2.23. The number of methoxy groups -OCH3 is 3. The third kappa shape index (κ3) is 4.36. The molecule has 0 spiro atoms. The van der Waals surface area contributed by atoms with Crippen LogP contribution < -0.4 is 14.2 Å². The summed E-state index contributed by atoms with van der Waals surface area (Å²) in [6.45, 7) is 3.29. The van der Waals surface area contributed by atoms with Crippen LogP contribution >= 0.6 is 0 Å². The molecule has 28 heavy (non-hydrogen) atoms. The van der Waals surface area contributed by atoms with Crippen LogP contribution in [0.5, 0.6) is 17.2 Å². The first kappa shape index (κ1) is 19.9. The Hall–Kier alpha value is -2.80. The minimum atomic E-state index is -0.398. The molecule has 1 saturated heterocycles. The van der Waals surface area contributed by atoms with Crippen LogP contribution in [-0.2, 0) is 6.54 Å². The number of amides is 1. The van der Waals surface area contributed by atoms with E-state index in [1.807, 2.05) is 12.1 Å². The molecule has 1 aliphatic heterocycles. The third-order valence-corrected chi connectivity index (χ3v) is 4.91. The van der Waals surface area contributed by atoms with Gasteiger partial charge in [0.15, 0.2) is 11.5 Å². The number of ether oxygens (including phenoxy) is 3. The number of benzene rings is 2. The Morgan fingerprint density at radius 2 is 1.57 bits per heavy atom. The van der Waals surface area contributed by atoms with Crippen molar-refractivity contribution in [2.75, 3.05) is 47.5 Å². The van der Waals surface area contributed by atoms with Crippen LogP contribution in [0.2, 0.25) is 0 Å². The predicted octanol–water partition coefficient (Wildman–Crippen LogP) is 2.81. The van der Waals surface area contributed by atoms with Gasteiger partial charge in [0, 0.05) is 49.9 Å². The smallest absolute Gasteiger partial charge is 0.254 e. The summed E-state index contributed by atoms with van der Waals surface area (Å²) in [5, 5.41) is 0. The van der Waals surface area contributed by atoms with Crippen molar-refractivity contribution in [3.8, 4) is 17.2 Å². The molecule has 1 amide bonds. The first-order valence-corrected chi connectivity index (χ1v) is 9.11. The van der Waals surface area contributed by atoms with E-state index in [1.165, 1.54) is 12.1 Å². The van der Waals surface area contributed by atoms with Crippen molar-refractivity contribution in [1.29, 1.82) is 0 Å². The minimum absolute atomic E-state index is 0.136. The van der Waals surface area contributed by atoms with Crippen LogP contribution in [-0.4, -0.2) is 63.2 Å². The number of carbonyl (C=O) groups excluding carboxylic acids is 1. The molecule has 0 bridgehead atoms. The minimum Gasteiger partial charge on any atom is -0.496 e. The van der Waals surface area contributed by atoms with Crippen molar-refractivity contribution < 1.29 is 23.4 Å². The highest BCUT2D eigenvalue weighted by molar-refractivity contribution is 5.94. The maximum absolute atomic E-state index is 13.4. The van der Waals surface area contributed by atoms with Gasteiger partial charge in [-0.15, -0.1) is 0 Å². The number of hydrogen-bond donors (Lipinski definition) is 0. The number of halogens is 1. The molecule has 150 valence electrons. The number of nitrogens with zero attached hydrogens (tertiary/aromatic N) is 2. The van der Waals surface area contributed by atoms with Crippen LogP contribution in [0.1, 0.15) is 15.9 Å². The Labute approximate surface area is 164 Å². The van der Waals surface area contributed by atoms with Crippen molar-refractivity contribution in [1.82, 2.24) is 9.80 Å². The quantitative estimate of drug-likeness (QED) is 0.762. The third-order valence-electron chi connectivity index (χ3n) is 4.91. The van der Waals surface area contributed by atoms with Gasteiger partial charge in [-0.3, -0.25) is 9.69 Å². The summed E-state index contributed by atoms with van der Waals surface area (Å²) in [6, 6.07) is 9.56. The molecule has 3 rings (SSSR count). The molecule has 6 nitrogen and oxygen atoms in total. The van der Waals surface area contributed by atoms with Crippen molar-refractivity contribution in [3.05, 3.63) is 53.3 Å². The van der Waals surface area contributed by atoms with Crippen LogP contribution in [0.4, 0.5) is 4.39 Å². The Balaban J connectivity index is 1.65. The fourth-order valence-corrected chi connectivity index (χ4v) is 3.37. The fraction of sp³-hybridized carbons (Fsp3) is 0.381. The summed E-state index contributed by atoms with van der Waals surface area (Å²) in [4.78, 5) is 16.6. The molecule has 7 heteroatoms. The van der Waals surface area contributed by atoms with E-state index in [4.69, 9.17) is 14.2 Å². The van der Waals surface area contributed by atoms with Gasteiger partial charge in [-0.05, 0) is 24.3 Å². The van der Waals surface area contributed by atoms with Crippen molar-refractivity contribution in [2.24, 2.45) is 0 Å². The van der Waals surface area contributed by atoms with E-state index in [1.54, 1.807) is 38.4 Å². The van der Waals surface area contributed by atoms with Gasteiger partial charge in [0.1, 0.15) is 11.6 Å². The molecule has 1 fully saturated rings. The lowest BCUT2D eigenvalue weighted by Gasteiger charge is -2.35. The van der Waals surface area contributed by atoms with Crippen LogP contribution in [0.25, 0.3) is 0 Å². The lowest BCUT2D eigenvalue weighted by molar-refractivity contribution is 0.0627. The topological polar surface area (TPSA) is 51.2 Å². The lowest BCUT2D eigenvalue weighted by atomic mass is 10.1. The molecule has 2 aromatic rings. The van der Waals surface area contributed by atoms with Gasteiger partial charge >= 0.3 is 0 Å². The molecule has 1 heterocycles. The van der Waals surface area contributed by atoms with E-state index < -0.39 is 5.82 Å². The normalized spacial score (nSPS) is 14.6. The molecular formula is C21H25FN2O4. The molecule has 0 aliphatic carbocycles. The van der Waals surface area contributed by atoms with E-state index in [0.29, 0.717) is 36.7 Å². The monoisotopic (exact) mass is 388 g/mol. The maximum atomic E-state index is 13.4. The van der Waals surface area contributed by atoms with E-state index >= 15 is 0 Å². The van der Waals surface area contributed by atoms with Gasteiger partial charge in [-0.2, -0.15) is 0 Å². The molecule has 0 unspecified atom stereocenters. The summed E-state index contributed by atoms with van der Waals surface area (Å²) in [5.74, 6) is 1.47. The van der Waals surface area contributed by atoms with Gasteiger partial charge in [0.05, 0.1) is 21.3 Å². The first-order valence-electron chi connectivity index (χ1n) is 9.11. The number of rotatable bonds is 6. The molecule has 1 aliphatic rings. The van der Waals surface area contributed by atoms with E-state index in [2.05, 4.69) is 4.90 Å². The summed E-state index contributed by atoms with van der Waals surface area (Å²) in [5.41, 5.74) is 1.38. The van der Waals surface area contributed by atoms with Gasteiger partial charge in [-0.1, -0.05) is 6.07 Å². The Kier molecular flexibility index (Phi) is 6.36. The highest BCUT2D eigenvalue weighted by Crippen LogP contribution is 2.35. The maximum Gasteiger partial charge on any atom is 0.254 e. The van der Waals surface area contributed by atoms with Gasteiger partial charge < -0.3 is 19.1 Å². The predicted molar refractivity (Wildman–Crippen MR) is 104 cm³/mol. The Bertz CT molecular complexity index is 835. The zero-order chi connectivity index (χ0) is 20.1. The standard InChI is InChI=1S/C21H25FN2O4/c1-26-18-13-20(28-3)19(27-2)12-16(18)14-23-7-9-24(10-8-23)21(25)15-5-4-6-17(22)11-15/h4-6,11-13H,7-10,14H2,1-3H3. The average molecular weight is 388 g/mol. The van der Waals surface area contributed by atoms with Crippen LogP contribution in [0, 0.1) is 5.82 Å². The first-order chi connectivity index (χ1) is 13.5. The Morgan fingerprint density at radius 3 is 2.18 bits per heavy atom. The zero-order valence-electron chi connectivity index (χ0n) is 16.4. The Morgan fingerprint density at radius 1 is 0.929 bits per heavy atom. The second-order valence-electron chi connectivity index (χ2n) is 6.60. The van der Waals surface area contributed by atoms with E-state index in [0.717, 1.165) is 24.4 Å². The van der Waals surface area contributed by atoms with Crippen LogP contribution in [0.15, 0.2) is 36.4 Å². The molecule has 0 aromatic heterocycles.